The van der Waals surface area contributed by atoms with Gasteiger partial charge in [-0.25, -0.2) is 15.0 Å². The molecule has 0 fully saturated rings. The van der Waals surface area contributed by atoms with E-state index < -0.39 is 28.4 Å². The number of amides is 1. The Morgan fingerprint density at radius 3 is 2.75 bits per heavy atom. The molecule has 0 aliphatic carbocycles. The van der Waals surface area contributed by atoms with Crippen molar-refractivity contribution in [3.8, 4) is 0 Å². The summed E-state index contributed by atoms with van der Waals surface area (Å²) in [4.78, 5) is 27.4. The quantitative estimate of drug-likeness (QED) is 0.599. The molecule has 0 saturated heterocycles. The lowest BCUT2D eigenvalue weighted by atomic mass is 10.1. The zero-order valence-corrected chi connectivity index (χ0v) is 17.7. The van der Waals surface area contributed by atoms with Gasteiger partial charge in [-0.05, 0) is 30.3 Å². The smallest absolute Gasteiger partial charge is 0.352 e. The summed E-state index contributed by atoms with van der Waals surface area (Å²) in [5.41, 5.74) is 1.20. The zero-order chi connectivity index (χ0) is 22.9. The van der Waals surface area contributed by atoms with Crippen LogP contribution >= 0.6 is 0 Å². The van der Waals surface area contributed by atoms with E-state index in [9.17, 15) is 22.2 Å². The average molecular weight is 461 g/mol. The minimum Gasteiger partial charge on any atom is -0.352 e. The fraction of sp³-hybridized carbons (Fsp3) is 0.238. The number of nitrogens with zero attached hydrogens (tertiary/aromatic N) is 4. The van der Waals surface area contributed by atoms with Gasteiger partial charge in [0, 0.05) is 55.0 Å². The van der Waals surface area contributed by atoms with Crippen molar-refractivity contribution >= 4 is 28.2 Å². The summed E-state index contributed by atoms with van der Waals surface area (Å²) in [6.45, 7) is 1.06. The molecule has 0 spiro atoms. The predicted molar refractivity (Wildman–Crippen MR) is 113 cm³/mol. The predicted octanol–water partition coefficient (Wildman–Crippen LogP) is 3.44. The number of nitrogens with one attached hydrogen (secondary N) is 1. The van der Waals surface area contributed by atoms with Crippen LogP contribution < -0.4 is 10.2 Å². The Bertz CT molecular complexity index is 1200. The zero-order valence-electron chi connectivity index (χ0n) is 16.9. The largest absolute Gasteiger partial charge is 0.416 e. The van der Waals surface area contributed by atoms with Crippen LogP contribution in [-0.2, 0) is 29.9 Å². The molecule has 4 rings (SSSR count). The highest BCUT2D eigenvalue weighted by Gasteiger charge is 2.30. The lowest BCUT2D eigenvalue weighted by molar-refractivity contribution is -0.137. The van der Waals surface area contributed by atoms with Gasteiger partial charge < -0.3 is 10.2 Å². The summed E-state index contributed by atoms with van der Waals surface area (Å²) in [5, 5.41) is 2.79. The summed E-state index contributed by atoms with van der Waals surface area (Å²) in [5.74, 6) is 0.0132. The van der Waals surface area contributed by atoms with Crippen molar-refractivity contribution in [1.82, 2.24) is 15.0 Å². The van der Waals surface area contributed by atoms with Gasteiger partial charge in [0.25, 0.3) is 5.91 Å². The summed E-state index contributed by atoms with van der Waals surface area (Å²) in [7, 11) is -1.26. The third-order valence-electron chi connectivity index (χ3n) is 4.95. The summed E-state index contributed by atoms with van der Waals surface area (Å²) in [6, 6.07) is 7.55. The lowest BCUT2D eigenvalue weighted by Gasteiger charge is -2.29. The van der Waals surface area contributed by atoms with Crippen LogP contribution in [0.25, 0.3) is 0 Å². The number of aromatic nitrogens is 3. The number of fused-ring (bicyclic) bond motifs is 1. The Morgan fingerprint density at radius 1 is 1.19 bits per heavy atom. The Balaban J connectivity index is 1.50. The third-order valence-corrected chi connectivity index (χ3v) is 5.66. The molecule has 11 heteroatoms. The standard InChI is InChI=1S/C21H18F3N5O2S/c1-32(31)20-26-11-14-12-29(8-6-17(14)28-20)18-9-13(5-7-25-18)19(30)27-16-4-2-3-15(10-16)21(22,23)24/h2-5,7,9-11H,6,8,12H2,1H3,(H,27,30). The average Bonchev–Trinajstić information content (AvgIpc) is 2.78. The van der Waals surface area contributed by atoms with Crippen molar-refractivity contribution in [2.24, 2.45) is 0 Å². The first-order chi connectivity index (χ1) is 15.2. The molecule has 1 N–H and O–H groups in total. The number of pyridine rings is 1. The number of carbonyl (C=O) groups is 1. The monoisotopic (exact) mass is 461 g/mol. The summed E-state index contributed by atoms with van der Waals surface area (Å²) >= 11 is 0. The van der Waals surface area contributed by atoms with E-state index in [0.717, 1.165) is 23.4 Å². The maximum atomic E-state index is 12.9. The Labute approximate surface area is 184 Å². The Morgan fingerprint density at radius 2 is 2.00 bits per heavy atom. The van der Waals surface area contributed by atoms with Gasteiger partial charge in [-0.15, -0.1) is 0 Å². The molecule has 166 valence electrons. The maximum absolute atomic E-state index is 12.9. The van der Waals surface area contributed by atoms with E-state index in [1.807, 2.05) is 4.90 Å². The van der Waals surface area contributed by atoms with Gasteiger partial charge in [-0.1, -0.05) is 6.07 Å². The second kappa shape index (κ2) is 8.65. The number of carbonyl (C=O) groups excluding carboxylic acids is 1. The molecule has 1 unspecified atom stereocenters. The molecule has 0 saturated carbocycles. The first-order valence-electron chi connectivity index (χ1n) is 9.58. The summed E-state index contributed by atoms with van der Waals surface area (Å²) < 4.78 is 50.3. The molecule has 7 nitrogen and oxygen atoms in total. The van der Waals surface area contributed by atoms with Gasteiger partial charge in [0.15, 0.2) is 0 Å². The van der Waals surface area contributed by atoms with Crippen molar-refractivity contribution in [1.29, 1.82) is 0 Å². The van der Waals surface area contributed by atoms with Gasteiger partial charge in [-0.2, -0.15) is 13.2 Å². The first-order valence-corrected chi connectivity index (χ1v) is 11.1. The molecule has 1 aromatic carbocycles. The number of hydrogen-bond acceptors (Lipinski definition) is 6. The van der Waals surface area contributed by atoms with E-state index in [0.29, 0.717) is 30.5 Å². The molecule has 1 aliphatic rings. The van der Waals surface area contributed by atoms with Crippen molar-refractivity contribution in [2.75, 3.05) is 23.0 Å². The van der Waals surface area contributed by atoms with Gasteiger partial charge in [0.2, 0.25) is 5.16 Å². The molecule has 3 heterocycles. The van der Waals surface area contributed by atoms with Crippen molar-refractivity contribution in [3.05, 3.63) is 71.2 Å². The molecular weight excluding hydrogens is 443 g/mol. The lowest BCUT2D eigenvalue weighted by Crippen LogP contribution is -2.32. The SMILES string of the molecule is CS(=O)c1ncc2c(n1)CCN(c1cc(C(=O)Nc3cccc(C(F)(F)F)c3)ccn1)C2. The fourth-order valence-corrected chi connectivity index (χ4v) is 3.78. The Kier molecular flexibility index (Phi) is 5.92. The number of alkyl halides is 3. The van der Waals surface area contributed by atoms with Crippen LogP contribution in [0.1, 0.15) is 27.2 Å². The van der Waals surface area contributed by atoms with Gasteiger partial charge in [-0.3, -0.25) is 9.00 Å². The first kappa shape index (κ1) is 21.9. The molecule has 1 amide bonds. The van der Waals surface area contributed by atoms with Crippen LogP contribution in [-0.4, -0.2) is 37.9 Å². The van der Waals surface area contributed by atoms with Gasteiger partial charge >= 0.3 is 6.18 Å². The van der Waals surface area contributed by atoms with E-state index in [-0.39, 0.29) is 11.3 Å². The van der Waals surface area contributed by atoms with E-state index >= 15 is 0 Å². The van der Waals surface area contributed by atoms with Crippen LogP contribution in [0.5, 0.6) is 0 Å². The minimum absolute atomic E-state index is 0.0522. The van der Waals surface area contributed by atoms with E-state index in [2.05, 4.69) is 20.3 Å². The van der Waals surface area contributed by atoms with Crippen LogP contribution in [0.15, 0.2) is 53.9 Å². The molecule has 2 aromatic heterocycles. The number of hydrogen-bond donors (Lipinski definition) is 1. The molecule has 1 aliphatic heterocycles. The van der Waals surface area contributed by atoms with E-state index in [4.69, 9.17) is 0 Å². The molecule has 32 heavy (non-hydrogen) atoms. The van der Waals surface area contributed by atoms with Crippen LogP contribution in [0.3, 0.4) is 0 Å². The number of anilines is 2. The minimum atomic E-state index is -4.49. The second-order valence-electron chi connectivity index (χ2n) is 7.19. The second-order valence-corrected chi connectivity index (χ2v) is 8.46. The highest BCUT2D eigenvalue weighted by atomic mass is 32.2. The highest BCUT2D eigenvalue weighted by Crippen LogP contribution is 2.31. The fourth-order valence-electron chi connectivity index (χ4n) is 3.34. The van der Waals surface area contributed by atoms with Crippen molar-refractivity contribution < 1.29 is 22.2 Å². The van der Waals surface area contributed by atoms with E-state index in [1.54, 1.807) is 12.3 Å². The van der Waals surface area contributed by atoms with Crippen LogP contribution in [0, 0.1) is 0 Å². The number of benzene rings is 1. The molecule has 0 bridgehead atoms. The van der Waals surface area contributed by atoms with Crippen LogP contribution in [0.4, 0.5) is 24.7 Å². The normalized spacial score (nSPS) is 14.6. The maximum Gasteiger partial charge on any atom is 0.416 e. The molecular formula is C21H18F3N5O2S. The molecule has 3 aromatic rings. The van der Waals surface area contributed by atoms with Gasteiger partial charge in [0.1, 0.15) is 5.82 Å². The molecule has 0 radical (unpaired) electrons. The van der Waals surface area contributed by atoms with Gasteiger partial charge in [0.05, 0.1) is 22.1 Å². The molecule has 1 atom stereocenters. The van der Waals surface area contributed by atoms with E-state index in [1.165, 1.54) is 30.7 Å². The topological polar surface area (TPSA) is 88.1 Å². The third kappa shape index (κ3) is 4.77. The number of halogens is 3. The number of rotatable bonds is 4. The summed E-state index contributed by atoms with van der Waals surface area (Å²) in [6.07, 6.45) is 0.758. The van der Waals surface area contributed by atoms with Crippen molar-refractivity contribution in [2.45, 2.75) is 24.3 Å². The Hall–Kier alpha value is -3.34. The van der Waals surface area contributed by atoms with Crippen molar-refractivity contribution in [3.63, 3.8) is 0 Å². The highest BCUT2D eigenvalue weighted by molar-refractivity contribution is 7.84. The van der Waals surface area contributed by atoms with Crippen LogP contribution in [0.2, 0.25) is 0 Å².